The lowest BCUT2D eigenvalue weighted by Gasteiger charge is -2.27. The molecule has 1 saturated carbocycles. The van der Waals surface area contributed by atoms with Crippen LogP contribution >= 0.6 is 0 Å². The fourth-order valence-electron chi connectivity index (χ4n) is 4.96. The Kier molecular flexibility index (Phi) is 6.60. The summed E-state index contributed by atoms with van der Waals surface area (Å²) in [5.41, 5.74) is 0. The predicted octanol–water partition coefficient (Wildman–Crippen LogP) is 2.87. The molecule has 1 amide bonds. The van der Waals surface area contributed by atoms with Gasteiger partial charge in [0.05, 0.1) is 0 Å². The van der Waals surface area contributed by atoms with E-state index in [0.717, 1.165) is 63.1 Å². The van der Waals surface area contributed by atoms with Gasteiger partial charge in [-0.05, 0) is 50.9 Å². The number of hydrogen-bond acceptors (Lipinski definition) is 2. The van der Waals surface area contributed by atoms with Gasteiger partial charge in [-0.3, -0.25) is 9.79 Å². The second kappa shape index (κ2) is 8.91. The zero-order valence-corrected chi connectivity index (χ0v) is 16.2. The second-order valence-corrected chi connectivity index (χ2v) is 7.99. The molecule has 0 aromatic carbocycles. The highest BCUT2D eigenvalue weighted by atomic mass is 16.2. The molecule has 3 atom stereocenters. The summed E-state index contributed by atoms with van der Waals surface area (Å²) < 4.78 is 0. The van der Waals surface area contributed by atoms with Crippen LogP contribution in [0.4, 0.5) is 0 Å². The van der Waals surface area contributed by atoms with Gasteiger partial charge in [0, 0.05) is 45.2 Å². The van der Waals surface area contributed by atoms with Crippen LogP contribution in [0.5, 0.6) is 0 Å². The Morgan fingerprint density at radius 3 is 2.48 bits per heavy atom. The molecule has 0 aromatic rings. The predicted molar refractivity (Wildman–Crippen MR) is 103 cm³/mol. The van der Waals surface area contributed by atoms with E-state index in [2.05, 4.69) is 29.0 Å². The second-order valence-electron chi connectivity index (χ2n) is 7.99. The molecule has 5 nitrogen and oxygen atoms in total. The maximum absolute atomic E-state index is 12.0. The van der Waals surface area contributed by atoms with Crippen molar-refractivity contribution in [2.75, 3.05) is 32.7 Å². The van der Waals surface area contributed by atoms with Crippen LogP contribution in [0.2, 0.25) is 0 Å². The molecule has 3 unspecified atom stereocenters. The smallest absolute Gasteiger partial charge is 0.222 e. The zero-order valence-electron chi connectivity index (χ0n) is 16.2. The molecule has 3 fully saturated rings. The number of guanidine groups is 1. The van der Waals surface area contributed by atoms with Gasteiger partial charge in [0.25, 0.3) is 0 Å². The summed E-state index contributed by atoms with van der Waals surface area (Å²) in [7, 11) is 0. The highest BCUT2D eigenvalue weighted by Crippen LogP contribution is 2.35. The third kappa shape index (κ3) is 4.48. The maximum atomic E-state index is 12.0. The van der Waals surface area contributed by atoms with Crippen molar-refractivity contribution in [3.05, 3.63) is 0 Å². The highest BCUT2D eigenvalue weighted by Gasteiger charge is 2.35. The largest absolute Gasteiger partial charge is 0.357 e. The van der Waals surface area contributed by atoms with E-state index in [1.807, 2.05) is 0 Å². The van der Waals surface area contributed by atoms with Crippen molar-refractivity contribution in [2.24, 2.45) is 16.8 Å². The first-order chi connectivity index (χ1) is 12.2. The quantitative estimate of drug-likeness (QED) is 0.593. The Morgan fingerprint density at radius 2 is 1.92 bits per heavy atom. The van der Waals surface area contributed by atoms with E-state index in [-0.39, 0.29) is 0 Å². The average Bonchev–Trinajstić information content (AvgIpc) is 3.24. The monoisotopic (exact) mass is 348 g/mol. The maximum Gasteiger partial charge on any atom is 0.222 e. The normalized spacial score (nSPS) is 28.4. The van der Waals surface area contributed by atoms with Gasteiger partial charge >= 0.3 is 0 Å². The summed E-state index contributed by atoms with van der Waals surface area (Å²) in [6.07, 6.45) is 9.39. The van der Waals surface area contributed by atoms with Gasteiger partial charge in [-0.2, -0.15) is 0 Å². The summed E-state index contributed by atoms with van der Waals surface area (Å²) in [5.74, 6) is 3.19. The minimum atomic E-state index is 0.339. The Morgan fingerprint density at radius 1 is 1.20 bits per heavy atom. The molecule has 25 heavy (non-hydrogen) atoms. The third-order valence-electron chi connectivity index (χ3n) is 6.36. The van der Waals surface area contributed by atoms with Crippen molar-refractivity contribution in [1.82, 2.24) is 15.1 Å². The van der Waals surface area contributed by atoms with E-state index >= 15 is 0 Å². The number of hydrogen-bond donors (Lipinski definition) is 1. The number of amides is 1. The summed E-state index contributed by atoms with van der Waals surface area (Å²) >= 11 is 0. The number of nitrogens with one attached hydrogen (secondary N) is 1. The number of likely N-dealkylation sites (tertiary alicyclic amines) is 2. The molecule has 2 heterocycles. The lowest BCUT2D eigenvalue weighted by molar-refractivity contribution is -0.129. The third-order valence-corrected chi connectivity index (χ3v) is 6.36. The number of carbonyl (C=O) groups is 1. The summed E-state index contributed by atoms with van der Waals surface area (Å²) in [6, 6.07) is 0.364. The molecule has 0 radical (unpaired) electrons. The molecule has 5 heteroatoms. The fraction of sp³-hybridized carbons (Fsp3) is 0.900. The SMILES string of the molecule is CCNC(=NCCC(CC)N1CCCC1=O)N1CC2CCCCC2C1. The Labute approximate surface area is 153 Å². The molecule has 0 bridgehead atoms. The molecule has 0 spiro atoms. The van der Waals surface area contributed by atoms with Crippen LogP contribution in [0.3, 0.4) is 0 Å². The molecule has 0 aromatic heterocycles. The van der Waals surface area contributed by atoms with Crippen molar-refractivity contribution in [2.45, 2.75) is 71.3 Å². The standard InChI is InChI=1S/C20H36N4O/c1-3-18(24-13-7-10-19(24)25)11-12-22-20(21-4-2)23-14-16-8-5-6-9-17(16)15-23/h16-18H,3-15H2,1-2H3,(H,21,22). The molecule has 1 N–H and O–H groups in total. The van der Waals surface area contributed by atoms with Crippen molar-refractivity contribution < 1.29 is 4.79 Å². The molecule has 1 aliphatic carbocycles. The van der Waals surface area contributed by atoms with Gasteiger partial charge < -0.3 is 15.1 Å². The lowest BCUT2D eigenvalue weighted by atomic mass is 9.82. The minimum absolute atomic E-state index is 0.339. The van der Waals surface area contributed by atoms with Gasteiger partial charge in [0.2, 0.25) is 5.91 Å². The fourth-order valence-corrected chi connectivity index (χ4v) is 4.96. The molecule has 3 aliphatic rings. The van der Waals surface area contributed by atoms with E-state index < -0.39 is 0 Å². The number of fused-ring (bicyclic) bond motifs is 1. The minimum Gasteiger partial charge on any atom is -0.357 e. The topological polar surface area (TPSA) is 47.9 Å². The van der Waals surface area contributed by atoms with Crippen LogP contribution in [0.1, 0.15) is 65.2 Å². The Hall–Kier alpha value is -1.26. The zero-order chi connectivity index (χ0) is 17.6. The average molecular weight is 349 g/mol. The number of aliphatic imine (C=N–C) groups is 1. The summed E-state index contributed by atoms with van der Waals surface area (Å²) in [4.78, 5) is 21.5. The molecular formula is C20H36N4O. The number of carbonyl (C=O) groups excluding carboxylic acids is 1. The first-order valence-corrected chi connectivity index (χ1v) is 10.6. The van der Waals surface area contributed by atoms with E-state index in [0.29, 0.717) is 11.9 Å². The van der Waals surface area contributed by atoms with Crippen molar-refractivity contribution in [1.29, 1.82) is 0 Å². The van der Waals surface area contributed by atoms with Crippen molar-refractivity contribution in [3.8, 4) is 0 Å². The van der Waals surface area contributed by atoms with Crippen LogP contribution < -0.4 is 5.32 Å². The van der Waals surface area contributed by atoms with Crippen LogP contribution in [-0.2, 0) is 4.79 Å². The van der Waals surface area contributed by atoms with Gasteiger partial charge in [-0.25, -0.2) is 0 Å². The van der Waals surface area contributed by atoms with Gasteiger partial charge in [0.1, 0.15) is 0 Å². The van der Waals surface area contributed by atoms with E-state index in [4.69, 9.17) is 4.99 Å². The molecule has 142 valence electrons. The molecule has 2 saturated heterocycles. The summed E-state index contributed by atoms with van der Waals surface area (Å²) in [5, 5.41) is 3.50. The van der Waals surface area contributed by atoms with Crippen LogP contribution in [-0.4, -0.2) is 60.4 Å². The molecule has 3 rings (SSSR count). The number of nitrogens with zero attached hydrogens (tertiary/aromatic N) is 3. The van der Waals surface area contributed by atoms with E-state index in [9.17, 15) is 4.79 Å². The molecule has 2 aliphatic heterocycles. The van der Waals surface area contributed by atoms with Crippen LogP contribution in [0, 0.1) is 11.8 Å². The molecular weight excluding hydrogens is 312 g/mol. The number of rotatable bonds is 6. The Bertz CT molecular complexity index is 464. The van der Waals surface area contributed by atoms with Gasteiger partial charge in [-0.15, -0.1) is 0 Å². The van der Waals surface area contributed by atoms with E-state index in [1.54, 1.807) is 0 Å². The first kappa shape index (κ1) is 18.5. The first-order valence-electron chi connectivity index (χ1n) is 10.6. The van der Waals surface area contributed by atoms with E-state index in [1.165, 1.54) is 38.8 Å². The van der Waals surface area contributed by atoms with Gasteiger partial charge in [-0.1, -0.05) is 19.8 Å². The van der Waals surface area contributed by atoms with Crippen LogP contribution in [0.25, 0.3) is 0 Å². The lowest BCUT2D eigenvalue weighted by Crippen LogP contribution is -2.41. The Balaban J connectivity index is 1.55. The summed E-state index contributed by atoms with van der Waals surface area (Å²) in [6.45, 7) is 9.38. The highest BCUT2D eigenvalue weighted by molar-refractivity contribution is 5.80. The van der Waals surface area contributed by atoms with Crippen LogP contribution in [0.15, 0.2) is 4.99 Å². The van der Waals surface area contributed by atoms with Crippen molar-refractivity contribution >= 4 is 11.9 Å². The van der Waals surface area contributed by atoms with Gasteiger partial charge in [0.15, 0.2) is 5.96 Å². The van der Waals surface area contributed by atoms with Crippen molar-refractivity contribution in [3.63, 3.8) is 0 Å².